The Bertz CT molecular complexity index is 1040. The van der Waals surface area contributed by atoms with E-state index in [1.807, 2.05) is 43.8 Å². The van der Waals surface area contributed by atoms with Gasteiger partial charge in [0, 0.05) is 19.4 Å². The number of hydrogen-bond donors (Lipinski definition) is 2. The molecule has 0 spiro atoms. The number of aromatic nitrogens is 2. The number of rotatable bonds is 7. The molecule has 158 valence electrons. The van der Waals surface area contributed by atoms with Crippen LogP contribution in [-0.4, -0.2) is 27.5 Å². The van der Waals surface area contributed by atoms with E-state index in [0.717, 1.165) is 16.3 Å². The molecular weight excluding hydrogens is 404 g/mol. The van der Waals surface area contributed by atoms with Gasteiger partial charge in [0.05, 0.1) is 5.75 Å². The van der Waals surface area contributed by atoms with Gasteiger partial charge in [0.2, 0.25) is 0 Å². The van der Waals surface area contributed by atoms with E-state index in [2.05, 4.69) is 15.8 Å². The van der Waals surface area contributed by atoms with Crippen molar-refractivity contribution in [3.8, 4) is 5.75 Å². The van der Waals surface area contributed by atoms with Gasteiger partial charge in [-0.25, -0.2) is 4.98 Å². The van der Waals surface area contributed by atoms with Crippen LogP contribution in [0.1, 0.15) is 34.4 Å². The fourth-order valence-electron chi connectivity index (χ4n) is 2.58. The number of thioether (sulfide) groups is 1. The monoisotopic (exact) mass is 428 g/mol. The number of carbonyl (C=O) groups excluding carboxylic acids is 2. The average Bonchev–Trinajstić information content (AvgIpc) is 3.36. The molecule has 2 amide bonds. The van der Waals surface area contributed by atoms with Crippen LogP contribution in [0.2, 0.25) is 0 Å². The van der Waals surface area contributed by atoms with Gasteiger partial charge in [-0.15, -0.1) is 0 Å². The van der Waals surface area contributed by atoms with Crippen molar-refractivity contribution in [1.29, 1.82) is 0 Å². The van der Waals surface area contributed by atoms with E-state index in [1.54, 1.807) is 31.3 Å². The molecular formula is C21H24N4O4S. The number of amides is 2. The van der Waals surface area contributed by atoms with Gasteiger partial charge in [-0.3, -0.25) is 20.4 Å². The van der Waals surface area contributed by atoms with Gasteiger partial charge >= 0.3 is 5.91 Å². The number of carbonyl (C=O) groups is 2. The summed E-state index contributed by atoms with van der Waals surface area (Å²) < 4.78 is 13.2. The van der Waals surface area contributed by atoms with Gasteiger partial charge in [0.25, 0.3) is 5.91 Å². The second-order valence-corrected chi connectivity index (χ2v) is 7.72. The van der Waals surface area contributed by atoms with Crippen LogP contribution in [-0.2, 0) is 17.6 Å². The third kappa shape index (κ3) is 5.24. The van der Waals surface area contributed by atoms with Crippen LogP contribution in [0.4, 0.5) is 0 Å². The highest BCUT2D eigenvalue weighted by Crippen LogP contribution is 2.22. The first-order valence-corrected chi connectivity index (χ1v) is 10.4. The minimum absolute atomic E-state index is 0.105. The number of imidazole rings is 1. The molecule has 0 radical (unpaired) electrons. The largest absolute Gasteiger partial charge is 0.481 e. The van der Waals surface area contributed by atoms with Gasteiger partial charge < -0.3 is 13.7 Å². The van der Waals surface area contributed by atoms with Crippen LogP contribution in [0, 0.1) is 13.8 Å². The number of benzene rings is 1. The Morgan fingerprint density at radius 3 is 2.77 bits per heavy atom. The van der Waals surface area contributed by atoms with E-state index < -0.39 is 17.9 Å². The Kier molecular flexibility index (Phi) is 6.83. The van der Waals surface area contributed by atoms with Crippen LogP contribution >= 0.6 is 11.8 Å². The van der Waals surface area contributed by atoms with Crippen LogP contribution in [0.3, 0.4) is 0 Å². The van der Waals surface area contributed by atoms with E-state index in [1.165, 1.54) is 11.8 Å². The van der Waals surface area contributed by atoms with E-state index in [4.69, 9.17) is 9.15 Å². The maximum absolute atomic E-state index is 12.3. The summed E-state index contributed by atoms with van der Waals surface area (Å²) >= 11 is 1.50. The molecule has 2 aromatic heterocycles. The summed E-state index contributed by atoms with van der Waals surface area (Å²) in [6.45, 7) is 5.51. The molecule has 0 saturated heterocycles. The fraction of sp³-hybridized carbons (Fsp3) is 0.286. The number of hydrogen-bond acceptors (Lipinski definition) is 6. The predicted octanol–water partition coefficient (Wildman–Crippen LogP) is 3.15. The molecule has 0 aliphatic rings. The molecule has 1 unspecified atom stereocenters. The Morgan fingerprint density at radius 2 is 2.03 bits per heavy atom. The van der Waals surface area contributed by atoms with Crippen LogP contribution in [0.15, 0.2) is 52.3 Å². The number of ether oxygens (including phenoxy) is 1. The molecule has 1 aromatic carbocycles. The summed E-state index contributed by atoms with van der Waals surface area (Å²) in [4.78, 5) is 28.7. The Balaban J connectivity index is 1.49. The van der Waals surface area contributed by atoms with Gasteiger partial charge in [-0.05, 0) is 50.1 Å². The molecule has 3 rings (SSSR count). The first-order chi connectivity index (χ1) is 14.3. The molecule has 2 heterocycles. The molecule has 0 fully saturated rings. The molecule has 0 aliphatic heterocycles. The van der Waals surface area contributed by atoms with Gasteiger partial charge in [-0.1, -0.05) is 23.9 Å². The smallest absolute Gasteiger partial charge is 0.305 e. The molecule has 30 heavy (non-hydrogen) atoms. The van der Waals surface area contributed by atoms with Crippen molar-refractivity contribution in [2.45, 2.75) is 37.8 Å². The van der Waals surface area contributed by atoms with Crippen molar-refractivity contribution < 1.29 is 18.7 Å². The van der Waals surface area contributed by atoms with Crippen molar-refractivity contribution in [3.63, 3.8) is 0 Å². The zero-order valence-electron chi connectivity index (χ0n) is 17.3. The quantitative estimate of drug-likeness (QED) is 0.443. The van der Waals surface area contributed by atoms with Crippen molar-refractivity contribution >= 4 is 23.6 Å². The topological polar surface area (TPSA) is 98.4 Å². The molecule has 1 atom stereocenters. The lowest BCUT2D eigenvalue weighted by Crippen LogP contribution is -2.47. The minimum atomic E-state index is -0.785. The van der Waals surface area contributed by atoms with Crippen LogP contribution in [0.25, 0.3) is 0 Å². The van der Waals surface area contributed by atoms with Gasteiger partial charge in [0.15, 0.2) is 17.0 Å². The highest BCUT2D eigenvalue weighted by molar-refractivity contribution is 7.98. The summed E-state index contributed by atoms with van der Waals surface area (Å²) in [5.41, 5.74) is 6.75. The van der Waals surface area contributed by atoms with Crippen LogP contribution < -0.4 is 15.6 Å². The number of furan rings is 1. The lowest BCUT2D eigenvalue weighted by atomic mass is 10.1. The van der Waals surface area contributed by atoms with Crippen molar-refractivity contribution in [3.05, 3.63) is 65.4 Å². The molecule has 0 aliphatic carbocycles. The third-order valence-corrected chi connectivity index (χ3v) is 5.61. The second kappa shape index (κ2) is 9.53. The molecule has 3 aromatic rings. The maximum atomic E-state index is 12.3. The maximum Gasteiger partial charge on any atom is 0.305 e. The highest BCUT2D eigenvalue weighted by atomic mass is 32.2. The summed E-state index contributed by atoms with van der Waals surface area (Å²) in [5.74, 6) is 0.882. The van der Waals surface area contributed by atoms with Crippen molar-refractivity contribution in [1.82, 2.24) is 20.4 Å². The van der Waals surface area contributed by atoms with E-state index in [0.29, 0.717) is 17.3 Å². The van der Waals surface area contributed by atoms with Crippen LogP contribution in [0.5, 0.6) is 5.75 Å². The zero-order valence-corrected chi connectivity index (χ0v) is 18.1. The second-order valence-electron chi connectivity index (χ2n) is 6.78. The van der Waals surface area contributed by atoms with E-state index in [9.17, 15) is 9.59 Å². The fourth-order valence-corrected chi connectivity index (χ4v) is 3.41. The SMILES string of the molecule is Cc1cccc(OC(C)C(=O)NNC(=O)c2ccc(CSc3nccn3C)o2)c1C. The highest BCUT2D eigenvalue weighted by Gasteiger charge is 2.18. The molecule has 0 saturated carbocycles. The zero-order chi connectivity index (χ0) is 21.7. The third-order valence-electron chi connectivity index (χ3n) is 4.53. The number of nitrogens with zero attached hydrogens (tertiary/aromatic N) is 2. The minimum Gasteiger partial charge on any atom is -0.481 e. The van der Waals surface area contributed by atoms with Gasteiger partial charge in [-0.2, -0.15) is 0 Å². The number of aryl methyl sites for hydroxylation is 2. The summed E-state index contributed by atoms with van der Waals surface area (Å²) in [7, 11) is 1.91. The first kappa shape index (κ1) is 21.5. The lowest BCUT2D eigenvalue weighted by Gasteiger charge is -2.17. The van der Waals surface area contributed by atoms with E-state index >= 15 is 0 Å². The molecule has 8 nitrogen and oxygen atoms in total. The molecule has 2 N–H and O–H groups in total. The first-order valence-electron chi connectivity index (χ1n) is 9.37. The summed E-state index contributed by atoms with van der Waals surface area (Å²) in [5, 5.41) is 0.850. The normalized spacial score (nSPS) is 11.7. The molecule has 9 heteroatoms. The Morgan fingerprint density at radius 1 is 1.23 bits per heavy atom. The summed E-state index contributed by atoms with van der Waals surface area (Å²) in [6.07, 6.45) is 2.79. The van der Waals surface area contributed by atoms with E-state index in [-0.39, 0.29) is 5.76 Å². The summed E-state index contributed by atoms with van der Waals surface area (Å²) in [6, 6.07) is 8.92. The molecule has 0 bridgehead atoms. The van der Waals surface area contributed by atoms with Gasteiger partial charge in [0.1, 0.15) is 11.5 Å². The van der Waals surface area contributed by atoms with Crippen molar-refractivity contribution in [2.75, 3.05) is 0 Å². The Hall–Kier alpha value is -3.20. The standard InChI is InChI=1S/C21H24N4O4S/c1-13-6-5-7-17(14(13)2)28-15(3)19(26)23-24-20(27)18-9-8-16(29-18)12-30-21-22-10-11-25(21)4/h5-11,15H,12H2,1-4H3,(H,23,26)(H,24,27). The average molecular weight is 429 g/mol. The number of hydrazine groups is 1. The lowest BCUT2D eigenvalue weighted by molar-refractivity contribution is -0.128. The predicted molar refractivity (Wildman–Crippen MR) is 113 cm³/mol. The Labute approximate surface area is 179 Å². The van der Waals surface area contributed by atoms with Crippen molar-refractivity contribution in [2.24, 2.45) is 7.05 Å². The number of nitrogens with one attached hydrogen (secondary N) is 2.